The number of ketones is 1. The van der Waals surface area contributed by atoms with Gasteiger partial charge in [0.1, 0.15) is 0 Å². The molecule has 4 rings (SSSR count). The Morgan fingerprint density at radius 1 is 1.08 bits per heavy atom. The van der Waals surface area contributed by atoms with E-state index in [-0.39, 0.29) is 5.78 Å². The SMILES string of the molecule is CC(=O)c1sc(=Nc2ccc(-c3ccc(C)s3)cc2)n(C2CC2)c1C. The molecule has 0 amide bonds. The Morgan fingerprint density at radius 2 is 1.80 bits per heavy atom. The van der Waals surface area contributed by atoms with Crippen molar-refractivity contribution in [2.45, 2.75) is 39.7 Å². The number of thiazole rings is 1. The highest BCUT2D eigenvalue weighted by Gasteiger charge is 2.28. The minimum atomic E-state index is 0.127. The molecule has 1 aliphatic carbocycles. The van der Waals surface area contributed by atoms with Crippen molar-refractivity contribution in [2.24, 2.45) is 4.99 Å². The summed E-state index contributed by atoms with van der Waals surface area (Å²) in [4.78, 5) is 21.1. The van der Waals surface area contributed by atoms with E-state index >= 15 is 0 Å². The van der Waals surface area contributed by atoms with Crippen LogP contribution in [0.1, 0.15) is 46.0 Å². The van der Waals surface area contributed by atoms with Crippen LogP contribution >= 0.6 is 22.7 Å². The van der Waals surface area contributed by atoms with Crippen LogP contribution in [0.25, 0.3) is 10.4 Å². The van der Waals surface area contributed by atoms with Gasteiger partial charge < -0.3 is 4.57 Å². The molecule has 1 saturated carbocycles. The number of thiophene rings is 1. The Hall–Kier alpha value is -1.98. The second-order valence-corrected chi connectivity index (χ2v) is 8.79. The number of aromatic nitrogens is 1. The summed E-state index contributed by atoms with van der Waals surface area (Å²) in [6.45, 7) is 5.80. The predicted molar refractivity (Wildman–Crippen MR) is 105 cm³/mol. The standard InChI is InChI=1S/C20H20N2OS2/c1-12-4-11-18(24-12)15-5-7-16(8-6-15)21-20-22(17-9-10-17)13(2)19(25-20)14(3)23/h4-8,11,17H,9-10H2,1-3H3. The molecule has 0 spiro atoms. The minimum absolute atomic E-state index is 0.127. The maximum absolute atomic E-state index is 11.9. The molecule has 3 aromatic rings. The fourth-order valence-corrected chi connectivity index (χ4v) is 5.01. The Kier molecular flexibility index (Phi) is 4.21. The van der Waals surface area contributed by atoms with Crippen LogP contribution in [0.4, 0.5) is 5.69 Å². The van der Waals surface area contributed by atoms with Crippen molar-refractivity contribution in [3.63, 3.8) is 0 Å². The smallest absolute Gasteiger partial charge is 0.191 e. The highest BCUT2D eigenvalue weighted by molar-refractivity contribution is 7.15. The van der Waals surface area contributed by atoms with E-state index in [1.54, 1.807) is 18.3 Å². The number of benzene rings is 1. The van der Waals surface area contributed by atoms with Gasteiger partial charge in [-0.2, -0.15) is 0 Å². The molecule has 128 valence electrons. The van der Waals surface area contributed by atoms with E-state index in [4.69, 9.17) is 4.99 Å². The number of hydrogen-bond acceptors (Lipinski definition) is 4. The van der Waals surface area contributed by atoms with E-state index in [9.17, 15) is 4.79 Å². The molecular weight excluding hydrogens is 348 g/mol. The minimum Gasteiger partial charge on any atom is -0.317 e. The molecule has 1 aliphatic rings. The van der Waals surface area contributed by atoms with Gasteiger partial charge in [-0.25, -0.2) is 4.99 Å². The van der Waals surface area contributed by atoms with E-state index in [1.165, 1.54) is 39.5 Å². The van der Waals surface area contributed by atoms with Crippen LogP contribution in [0, 0.1) is 13.8 Å². The highest BCUT2D eigenvalue weighted by Crippen LogP contribution is 2.36. The van der Waals surface area contributed by atoms with Crippen molar-refractivity contribution in [2.75, 3.05) is 0 Å². The van der Waals surface area contributed by atoms with Crippen LogP contribution in [-0.2, 0) is 0 Å². The molecule has 0 aliphatic heterocycles. The molecule has 0 saturated heterocycles. The third-order valence-electron chi connectivity index (χ3n) is 4.44. The molecule has 1 fully saturated rings. The molecule has 0 radical (unpaired) electrons. The second kappa shape index (κ2) is 6.39. The maximum Gasteiger partial charge on any atom is 0.191 e. The zero-order valence-corrected chi connectivity index (χ0v) is 16.2. The monoisotopic (exact) mass is 368 g/mol. The Bertz CT molecular complexity index is 1000. The lowest BCUT2D eigenvalue weighted by Gasteiger charge is -2.03. The predicted octanol–water partition coefficient (Wildman–Crippen LogP) is 5.66. The quantitative estimate of drug-likeness (QED) is 0.547. The highest BCUT2D eigenvalue weighted by atomic mass is 32.1. The maximum atomic E-state index is 11.9. The van der Waals surface area contributed by atoms with Gasteiger partial charge in [0, 0.05) is 28.4 Å². The molecule has 0 bridgehead atoms. The number of Topliss-reactive ketones (excluding diaryl/α,β-unsaturated/α-hetero) is 1. The van der Waals surface area contributed by atoms with Gasteiger partial charge in [-0.1, -0.05) is 23.5 Å². The van der Waals surface area contributed by atoms with Gasteiger partial charge in [0.2, 0.25) is 0 Å². The molecule has 0 atom stereocenters. The van der Waals surface area contributed by atoms with Crippen molar-refractivity contribution < 1.29 is 4.79 Å². The topological polar surface area (TPSA) is 34.4 Å². The molecule has 2 heterocycles. The third kappa shape index (κ3) is 3.26. The number of hydrogen-bond donors (Lipinski definition) is 0. The van der Waals surface area contributed by atoms with Crippen LogP contribution in [-0.4, -0.2) is 10.4 Å². The fourth-order valence-electron chi connectivity index (χ4n) is 3.03. The number of carbonyl (C=O) groups excluding carboxylic acids is 1. The fraction of sp³-hybridized carbons (Fsp3) is 0.300. The summed E-state index contributed by atoms with van der Waals surface area (Å²) >= 11 is 3.31. The van der Waals surface area contributed by atoms with Gasteiger partial charge in [-0.15, -0.1) is 11.3 Å². The van der Waals surface area contributed by atoms with Gasteiger partial charge in [-0.05, 0) is 56.5 Å². The first kappa shape index (κ1) is 16.5. The zero-order valence-electron chi connectivity index (χ0n) is 14.6. The summed E-state index contributed by atoms with van der Waals surface area (Å²) in [6, 6.07) is 13.2. The van der Waals surface area contributed by atoms with E-state index < -0.39 is 0 Å². The Morgan fingerprint density at radius 3 is 2.36 bits per heavy atom. The first-order valence-corrected chi connectivity index (χ1v) is 10.1. The van der Waals surface area contributed by atoms with Gasteiger partial charge in [0.05, 0.1) is 10.6 Å². The summed E-state index contributed by atoms with van der Waals surface area (Å²) in [7, 11) is 0. The normalized spacial score (nSPS) is 14.9. The van der Waals surface area contributed by atoms with Crippen LogP contribution < -0.4 is 4.80 Å². The molecule has 25 heavy (non-hydrogen) atoms. The largest absolute Gasteiger partial charge is 0.317 e. The molecular formula is C20H20N2OS2. The summed E-state index contributed by atoms with van der Waals surface area (Å²) in [5.41, 5.74) is 3.21. The third-order valence-corrected chi connectivity index (χ3v) is 6.75. The van der Waals surface area contributed by atoms with Crippen LogP contribution in [0.3, 0.4) is 0 Å². The van der Waals surface area contributed by atoms with Crippen molar-refractivity contribution in [3.8, 4) is 10.4 Å². The number of aryl methyl sites for hydroxylation is 1. The van der Waals surface area contributed by atoms with Crippen LogP contribution in [0.5, 0.6) is 0 Å². The van der Waals surface area contributed by atoms with E-state index in [2.05, 4.69) is 47.9 Å². The lowest BCUT2D eigenvalue weighted by Crippen LogP contribution is -2.14. The van der Waals surface area contributed by atoms with Crippen LogP contribution in [0.15, 0.2) is 41.4 Å². The van der Waals surface area contributed by atoms with Crippen molar-refractivity contribution in [3.05, 3.63) is 56.6 Å². The lowest BCUT2D eigenvalue weighted by atomic mass is 10.2. The van der Waals surface area contributed by atoms with Gasteiger partial charge in [0.25, 0.3) is 0 Å². The lowest BCUT2D eigenvalue weighted by molar-refractivity contribution is 0.102. The Labute approximate surface area is 155 Å². The molecule has 0 unspecified atom stereocenters. The molecule has 1 aromatic carbocycles. The summed E-state index contributed by atoms with van der Waals surface area (Å²) in [6.07, 6.45) is 2.36. The molecule has 3 nitrogen and oxygen atoms in total. The number of carbonyl (C=O) groups is 1. The average Bonchev–Trinajstić information content (AvgIpc) is 3.24. The first-order chi connectivity index (χ1) is 12.0. The van der Waals surface area contributed by atoms with Gasteiger partial charge in [0.15, 0.2) is 10.6 Å². The number of rotatable bonds is 4. The van der Waals surface area contributed by atoms with E-state index in [0.717, 1.165) is 21.1 Å². The molecule has 2 aromatic heterocycles. The molecule has 0 N–H and O–H groups in total. The van der Waals surface area contributed by atoms with Gasteiger partial charge >= 0.3 is 0 Å². The van der Waals surface area contributed by atoms with Crippen molar-refractivity contribution in [1.82, 2.24) is 4.57 Å². The number of nitrogens with zero attached hydrogens (tertiary/aromatic N) is 2. The summed E-state index contributed by atoms with van der Waals surface area (Å²) in [5.74, 6) is 0.127. The Balaban J connectivity index is 1.73. The van der Waals surface area contributed by atoms with Gasteiger partial charge in [-0.3, -0.25) is 4.79 Å². The molecule has 5 heteroatoms. The average molecular weight is 369 g/mol. The second-order valence-electron chi connectivity index (χ2n) is 6.53. The van der Waals surface area contributed by atoms with E-state index in [1.807, 2.05) is 6.92 Å². The first-order valence-electron chi connectivity index (χ1n) is 8.47. The van der Waals surface area contributed by atoms with Crippen LogP contribution in [0.2, 0.25) is 0 Å². The summed E-state index contributed by atoms with van der Waals surface area (Å²) in [5, 5.41) is 0. The van der Waals surface area contributed by atoms with Crippen molar-refractivity contribution >= 4 is 34.1 Å². The summed E-state index contributed by atoms with van der Waals surface area (Å²) < 4.78 is 2.25. The zero-order chi connectivity index (χ0) is 17.6. The van der Waals surface area contributed by atoms with Crippen molar-refractivity contribution in [1.29, 1.82) is 0 Å². The van der Waals surface area contributed by atoms with E-state index in [0.29, 0.717) is 6.04 Å².